The predicted molar refractivity (Wildman–Crippen MR) is 110 cm³/mol. The van der Waals surface area contributed by atoms with Crippen LogP contribution in [0, 0.1) is 0 Å². The number of fused-ring (bicyclic) bond motifs is 1. The van der Waals surface area contributed by atoms with E-state index in [0.717, 1.165) is 5.56 Å². The maximum Gasteiger partial charge on any atom is 0.344 e. The third-order valence-corrected chi connectivity index (χ3v) is 4.12. The molecule has 0 unspecified atom stereocenters. The molecule has 7 heteroatoms. The standard InChI is InChI=1S/C23H24O7/c1-23(2,3)30-21(24)13-28-15-7-8-16-18(12-15)29-20(22(16)25)11-14-6-9-17(26-4)19(10-14)27-5/h6-12H,13H2,1-5H3/b20-11-. The van der Waals surface area contributed by atoms with Crippen LogP contribution in [0.25, 0.3) is 6.08 Å². The van der Waals surface area contributed by atoms with Crippen molar-refractivity contribution in [3.8, 4) is 23.0 Å². The number of ether oxygens (including phenoxy) is 5. The third-order valence-electron chi connectivity index (χ3n) is 4.12. The molecular formula is C23H24O7. The van der Waals surface area contributed by atoms with Gasteiger partial charge in [0.05, 0.1) is 19.8 Å². The molecule has 30 heavy (non-hydrogen) atoms. The molecule has 0 saturated carbocycles. The normalized spacial score (nSPS) is 14.2. The lowest BCUT2D eigenvalue weighted by molar-refractivity contribution is -0.157. The van der Waals surface area contributed by atoms with Crippen LogP contribution in [0.5, 0.6) is 23.0 Å². The Morgan fingerprint density at radius 2 is 1.77 bits per heavy atom. The Balaban J connectivity index is 1.73. The van der Waals surface area contributed by atoms with Crippen molar-refractivity contribution in [2.24, 2.45) is 0 Å². The summed E-state index contributed by atoms with van der Waals surface area (Å²) < 4.78 is 26.9. The van der Waals surface area contributed by atoms with Gasteiger partial charge in [0.2, 0.25) is 5.78 Å². The van der Waals surface area contributed by atoms with Crippen LogP contribution in [0.15, 0.2) is 42.2 Å². The molecule has 0 radical (unpaired) electrons. The van der Waals surface area contributed by atoms with Crippen molar-refractivity contribution in [2.75, 3.05) is 20.8 Å². The van der Waals surface area contributed by atoms with Gasteiger partial charge < -0.3 is 23.7 Å². The zero-order chi connectivity index (χ0) is 21.9. The SMILES string of the molecule is COc1ccc(/C=C2\Oc3cc(OCC(=O)OC(C)(C)C)ccc3C2=O)cc1OC. The van der Waals surface area contributed by atoms with Crippen molar-refractivity contribution in [1.82, 2.24) is 0 Å². The van der Waals surface area contributed by atoms with Crippen LogP contribution in [0.4, 0.5) is 0 Å². The maximum absolute atomic E-state index is 12.6. The Hall–Kier alpha value is -3.48. The number of esters is 1. The molecule has 3 rings (SSSR count). The third kappa shape index (κ3) is 4.92. The van der Waals surface area contributed by atoms with Gasteiger partial charge in [0.15, 0.2) is 23.9 Å². The van der Waals surface area contributed by atoms with Gasteiger partial charge in [-0.2, -0.15) is 0 Å². The number of methoxy groups -OCH3 is 2. The van der Waals surface area contributed by atoms with E-state index in [9.17, 15) is 9.59 Å². The molecule has 7 nitrogen and oxygen atoms in total. The van der Waals surface area contributed by atoms with Crippen LogP contribution in [0.3, 0.4) is 0 Å². The minimum Gasteiger partial charge on any atom is -0.493 e. The zero-order valence-electron chi connectivity index (χ0n) is 17.6. The van der Waals surface area contributed by atoms with Crippen molar-refractivity contribution in [1.29, 1.82) is 0 Å². The van der Waals surface area contributed by atoms with Crippen LogP contribution in [-0.4, -0.2) is 38.2 Å². The van der Waals surface area contributed by atoms with Crippen molar-refractivity contribution >= 4 is 17.8 Å². The summed E-state index contributed by atoms with van der Waals surface area (Å²) in [4.78, 5) is 24.5. The summed E-state index contributed by atoms with van der Waals surface area (Å²) in [6.07, 6.45) is 1.63. The summed E-state index contributed by atoms with van der Waals surface area (Å²) >= 11 is 0. The van der Waals surface area contributed by atoms with E-state index >= 15 is 0 Å². The molecule has 1 aliphatic heterocycles. The summed E-state index contributed by atoms with van der Waals surface area (Å²) in [7, 11) is 3.10. The second-order valence-corrected chi connectivity index (χ2v) is 7.59. The second kappa shape index (κ2) is 8.49. The van der Waals surface area contributed by atoms with Gasteiger partial charge in [-0.1, -0.05) is 6.07 Å². The highest BCUT2D eigenvalue weighted by molar-refractivity contribution is 6.14. The topological polar surface area (TPSA) is 80.3 Å². The lowest BCUT2D eigenvalue weighted by atomic mass is 10.1. The van der Waals surface area contributed by atoms with E-state index in [2.05, 4.69) is 0 Å². The summed E-state index contributed by atoms with van der Waals surface area (Å²) in [5, 5.41) is 0. The zero-order valence-corrected chi connectivity index (χ0v) is 17.6. The molecule has 158 valence electrons. The molecule has 0 aliphatic carbocycles. The first-order valence-corrected chi connectivity index (χ1v) is 9.35. The van der Waals surface area contributed by atoms with Crippen LogP contribution in [0.1, 0.15) is 36.7 Å². The summed E-state index contributed by atoms with van der Waals surface area (Å²) in [5.74, 6) is 1.38. The molecule has 0 N–H and O–H groups in total. The highest BCUT2D eigenvalue weighted by atomic mass is 16.6. The quantitative estimate of drug-likeness (QED) is 0.523. The van der Waals surface area contributed by atoms with Crippen LogP contribution in [-0.2, 0) is 9.53 Å². The number of carbonyl (C=O) groups excluding carboxylic acids is 2. The molecule has 0 spiro atoms. The van der Waals surface area contributed by atoms with Gasteiger partial charge in [-0.3, -0.25) is 4.79 Å². The maximum atomic E-state index is 12.6. The summed E-state index contributed by atoms with van der Waals surface area (Å²) in [6, 6.07) is 10.1. The molecule has 0 fully saturated rings. The average molecular weight is 412 g/mol. The van der Waals surface area contributed by atoms with Gasteiger partial charge in [0.1, 0.15) is 17.1 Å². The Morgan fingerprint density at radius 3 is 2.43 bits per heavy atom. The number of carbonyl (C=O) groups is 2. The number of hydrogen-bond acceptors (Lipinski definition) is 7. The number of allylic oxidation sites excluding steroid dienone is 1. The predicted octanol–water partition coefficient (Wildman–Crippen LogP) is 4.04. The van der Waals surface area contributed by atoms with E-state index in [4.69, 9.17) is 23.7 Å². The second-order valence-electron chi connectivity index (χ2n) is 7.59. The molecule has 0 bridgehead atoms. The average Bonchev–Trinajstić information content (AvgIpc) is 2.99. The van der Waals surface area contributed by atoms with E-state index in [1.54, 1.807) is 77.5 Å². The van der Waals surface area contributed by atoms with Crippen LogP contribution < -0.4 is 18.9 Å². The molecule has 2 aromatic rings. The molecule has 1 aliphatic rings. The molecule has 1 heterocycles. The number of ketones is 1. The first-order chi connectivity index (χ1) is 14.2. The molecule has 0 amide bonds. The summed E-state index contributed by atoms with van der Waals surface area (Å²) in [6.45, 7) is 5.11. The number of hydrogen-bond donors (Lipinski definition) is 0. The Bertz CT molecular complexity index is 999. The van der Waals surface area contributed by atoms with Gasteiger partial charge in [0, 0.05) is 6.07 Å². The fraction of sp³-hybridized carbons (Fsp3) is 0.304. The Labute approximate surface area is 175 Å². The number of benzene rings is 2. The van der Waals surface area contributed by atoms with Crippen LogP contribution in [0.2, 0.25) is 0 Å². The fourth-order valence-electron chi connectivity index (χ4n) is 2.86. The number of Topliss-reactive ketones (excluding diaryl/α,β-unsaturated/α-hetero) is 1. The van der Waals surface area contributed by atoms with E-state index < -0.39 is 11.6 Å². The first-order valence-electron chi connectivity index (χ1n) is 9.35. The fourth-order valence-corrected chi connectivity index (χ4v) is 2.86. The van der Waals surface area contributed by atoms with E-state index in [1.807, 2.05) is 0 Å². The molecule has 0 atom stereocenters. The lowest BCUT2D eigenvalue weighted by Gasteiger charge is -2.19. The van der Waals surface area contributed by atoms with Crippen LogP contribution >= 0.6 is 0 Å². The molecular weight excluding hydrogens is 388 g/mol. The van der Waals surface area contributed by atoms with E-state index in [1.165, 1.54) is 0 Å². The van der Waals surface area contributed by atoms with Crippen molar-refractivity contribution in [3.05, 3.63) is 53.3 Å². The number of rotatable bonds is 6. The molecule has 0 aromatic heterocycles. The smallest absolute Gasteiger partial charge is 0.344 e. The van der Waals surface area contributed by atoms with E-state index in [0.29, 0.717) is 28.6 Å². The Morgan fingerprint density at radius 1 is 1.03 bits per heavy atom. The highest BCUT2D eigenvalue weighted by Gasteiger charge is 2.28. The highest BCUT2D eigenvalue weighted by Crippen LogP contribution is 2.36. The van der Waals surface area contributed by atoms with Gasteiger partial charge in [-0.05, 0) is 56.7 Å². The first kappa shape index (κ1) is 21.2. The van der Waals surface area contributed by atoms with Crippen molar-refractivity contribution in [2.45, 2.75) is 26.4 Å². The molecule has 0 saturated heterocycles. The minimum absolute atomic E-state index is 0.182. The van der Waals surface area contributed by atoms with Gasteiger partial charge in [0.25, 0.3) is 0 Å². The monoisotopic (exact) mass is 412 g/mol. The lowest BCUT2D eigenvalue weighted by Crippen LogP contribution is -2.27. The minimum atomic E-state index is -0.586. The van der Waals surface area contributed by atoms with Gasteiger partial charge in [-0.25, -0.2) is 4.79 Å². The van der Waals surface area contributed by atoms with Crippen molar-refractivity contribution in [3.63, 3.8) is 0 Å². The summed E-state index contributed by atoms with van der Waals surface area (Å²) in [5.41, 5.74) is 0.564. The van der Waals surface area contributed by atoms with Gasteiger partial charge >= 0.3 is 5.97 Å². The van der Waals surface area contributed by atoms with Gasteiger partial charge in [-0.15, -0.1) is 0 Å². The van der Waals surface area contributed by atoms with Crippen molar-refractivity contribution < 1.29 is 33.3 Å². The van der Waals surface area contributed by atoms with E-state index in [-0.39, 0.29) is 18.1 Å². The molecule has 2 aromatic carbocycles. The largest absolute Gasteiger partial charge is 0.493 e. The Kier molecular flexibility index (Phi) is 6.01.